The molecule has 118 valence electrons. The Morgan fingerprint density at radius 2 is 1.83 bits per heavy atom. The van der Waals surface area contributed by atoms with Crippen LogP contribution in [-0.4, -0.2) is 15.2 Å². The molecule has 23 heavy (non-hydrogen) atoms. The number of hydrogen-bond donors (Lipinski definition) is 3. The van der Waals surface area contributed by atoms with Crippen LogP contribution in [0.3, 0.4) is 0 Å². The summed E-state index contributed by atoms with van der Waals surface area (Å²) >= 11 is 7.50. The fourth-order valence-corrected chi connectivity index (χ4v) is 2.68. The second-order valence-electron chi connectivity index (χ2n) is 4.76. The lowest BCUT2D eigenvalue weighted by Crippen LogP contribution is -2.25. The number of benzene rings is 1. The molecule has 0 aliphatic carbocycles. The Morgan fingerprint density at radius 3 is 2.61 bits per heavy atom. The summed E-state index contributed by atoms with van der Waals surface area (Å²) in [6.07, 6.45) is 1.77. The first-order valence-corrected chi connectivity index (χ1v) is 8.19. The Balaban J connectivity index is 1.58. The van der Waals surface area contributed by atoms with Crippen LogP contribution >= 0.6 is 22.9 Å². The summed E-state index contributed by atoms with van der Waals surface area (Å²) in [5.74, 6) is 0. The van der Waals surface area contributed by atoms with Gasteiger partial charge in [-0.1, -0.05) is 41.1 Å². The molecular weight excluding hydrogens is 332 g/mol. The van der Waals surface area contributed by atoms with E-state index in [0.29, 0.717) is 15.3 Å². The lowest BCUT2D eigenvalue weighted by Gasteiger charge is -2.12. The molecule has 2 aromatic heterocycles. The van der Waals surface area contributed by atoms with E-state index in [2.05, 4.69) is 31.3 Å². The minimum Gasteiger partial charge on any atom is -0.329 e. The van der Waals surface area contributed by atoms with Crippen LogP contribution in [0.15, 0.2) is 48.7 Å². The van der Waals surface area contributed by atoms with E-state index in [1.165, 1.54) is 11.3 Å². The van der Waals surface area contributed by atoms with Crippen LogP contribution in [0.4, 0.5) is 16.0 Å². The second kappa shape index (κ2) is 7.36. The van der Waals surface area contributed by atoms with Crippen LogP contribution in [0.5, 0.6) is 0 Å². The van der Waals surface area contributed by atoms with Gasteiger partial charge in [0, 0.05) is 6.20 Å². The largest absolute Gasteiger partial charge is 0.329 e. The first-order valence-electron chi connectivity index (χ1n) is 7.00. The van der Waals surface area contributed by atoms with Gasteiger partial charge in [0.2, 0.25) is 10.3 Å². The first kappa shape index (κ1) is 15.7. The van der Waals surface area contributed by atoms with E-state index in [1.807, 2.05) is 49.4 Å². The van der Waals surface area contributed by atoms with E-state index in [9.17, 15) is 0 Å². The van der Waals surface area contributed by atoms with Gasteiger partial charge in [-0.3, -0.25) is 10.4 Å². The number of aromatic nitrogens is 3. The lowest BCUT2D eigenvalue weighted by atomic mass is 10.2. The van der Waals surface area contributed by atoms with Crippen molar-refractivity contribution in [2.45, 2.75) is 13.0 Å². The average molecular weight is 347 g/mol. The van der Waals surface area contributed by atoms with Gasteiger partial charge in [0.25, 0.3) is 0 Å². The summed E-state index contributed by atoms with van der Waals surface area (Å²) in [7, 11) is 0. The maximum absolute atomic E-state index is 6.11. The number of hydrogen-bond acceptors (Lipinski definition) is 7. The molecule has 0 bridgehead atoms. The molecule has 0 fully saturated rings. The predicted molar refractivity (Wildman–Crippen MR) is 94.1 cm³/mol. The third-order valence-corrected chi connectivity index (χ3v) is 4.15. The maximum Gasteiger partial charge on any atom is 0.221 e. The van der Waals surface area contributed by atoms with Crippen molar-refractivity contribution in [2.75, 3.05) is 10.7 Å². The van der Waals surface area contributed by atoms with Gasteiger partial charge in [-0.15, -0.1) is 10.2 Å². The van der Waals surface area contributed by atoms with E-state index in [1.54, 1.807) is 6.20 Å². The summed E-state index contributed by atoms with van der Waals surface area (Å²) < 4.78 is 0. The van der Waals surface area contributed by atoms with E-state index in [-0.39, 0.29) is 6.04 Å². The number of nitrogens with one attached hydrogen (secondary N) is 3. The van der Waals surface area contributed by atoms with Crippen LogP contribution in [-0.2, 0) is 0 Å². The van der Waals surface area contributed by atoms with Crippen LogP contribution in [0.25, 0.3) is 0 Å². The fraction of sp³-hybridized carbons (Fsp3) is 0.133. The Morgan fingerprint density at radius 1 is 1.04 bits per heavy atom. The average Bonchev–Trinajstić information content (AvgIpc) is 3.03. The van der Waals surface area contributed by atoms with Crippen LogP contribution in [0, 0.1) is 0 Å². The number of nitrogens with zero attached hydrogens (tertiary/aromatic N) is 3. The smallest absolute Gasteiger partial charge is 0.221 e. The van der Waals surface area contributed by atoms with Gasteiger partial charge in [-0.05, 0) is 31.2 Å². The highest BCUT2D eigenvalue weighted by atomic mass is 35.5. The molecule has 0 aliphatic rings. The molecule has 3 rings (SSSR count). The first-order chi connectivity index (χ1) is 11.2. The highest BCUT2D eigenvalue weighted by molar-refractivity contribution is 7.19. The minimum atomic E-state index is 0.0417. The predicted octanol–water partition coefficient (Wildman–Crippen LogP) is 4.01. The van der Waals surface area contributed by atoms with Gasteiger partial charge in [0.1, 0.15) is 0 Å². The molecule has 6 nitrogen and oxygen atoms in total. The molecular formula is C15H15ClN6S. The SMILES string of the molecule is CC(NNc1nnc(Nc2ccccc2Cl)s1)c1ccccn1. The molecule has 2 heterocycles. The Hall–Kier alpha value is -2.22. The summed E-state index contributed by atoms with van der Waals surface area (Å²) in [6.45, 7) is 2.01. The van der Waals surface area contributed by atoms with E-state index in [0.717, 1.165) is 11.4 Å². The molecule has 3 aromatic rings. The Labute approximate surface area is 142 Å². The normalized spacial score (nSPS) is 11.9. The quantitative estimate of drug-likeness (QED) is 0.586. The molecule has 3 N–H and O–H groups in total. The monoisotopic (exact) mass is 346 g/mol. The molecule has 0 spiro atoms. The molecule has 0 amide bonds. The Kier molecular flexibility index (Phi) is 5.02. The minimum absolute atomic E-state index is 0.0417. The van der Waals surface area contributed by atoms with Crippen molar-refractivity contribution in [3.63, 3.8) is 0 Å². The van der Waals surface area contributed by atoms with Crippen molar-refractivity contribution >= 4 is 38.9 Å². The number of pyridine rings is 1. The fourth-order valence-electron chi connectivity index (χ4n) is 1.88. The summed E-state index contributed by atoms with van der Waals surface area (Å²) in [5, 5.41) is 13.3. The molecule has 1 aromatic carbocycles. The van der Waals surface area contributed by atoms with Crippen molar-refractivity contribution < 1.29 is 0 Å². The lowest BCUT2D eigenvalue weighted by molar-refractivity contribution is 0.624. The van der Waals surface area contributed by atoms with Crippen LogP contribution in [0.1, 0.15) is 18.7 Å². The zero-order chi connectivity index (χ0) is 16.1. The van der Waals surface area contributed by atoms with E-state index < -0.39 is 0 Å². The topological polar surface area (TPSA) is 74.8 Å². The molecule has 0 aliphatic heterocycles. The summed E-state index contributed by atoms with van der Waals surface area (Å²) in [5.41, 5.74) is 7.93. The van der Waals surface area contributed by atoms with Crippen molar-refractivity contribution in [2.24, 2.45) is 0 Å². The highest BCUT2D eigenvalue weighted by Gasteiger charge is 2.09. The highest BCUT2D eigenvalue weighted by Crippen LogP contribution is 2.28. The number of anilines is 3. The molecule has 0 radical (unpaired) electrons. The number of para-hydroxylation sites is 1. The van der Waals surface area contributed by atoms with Crippen LogP contribution < -0.4 is 16.2 Å². The van der Waals surface area contributed by atoms with Crippen molar-refractivity contribution in [3.8, 4) is 0 Å². The van der Waals surface area contributed by atoms with Gasteiger partial charge in [-0.2, -0.15) is 0 Å². The van der Waals surface area contributed by atoms with Gasteiger partial charge < -0.3 is 5.32 Å². The molecule has 1 unspecified atom stereocenters. The van der Waals surface area contributed by atoms with Gasteiger partial charge in [-0.25, -0.2) is 5.43 Å². The second-order valence-corrected chi connectivity index (χ2v) is 6.15. The van der Waals surface area contributed by atoms with Gasteiger partial charge >= 0.3 is 0 Å². The van der Waals surface area contributed by atoms with Crippen molar-refractivity contribution in [1.82, 2.24) is 20.6 Å². The standard InChI is InChI=1S/C15H15ClN6S/c1-10(12-7-4-5-9-17-12)19-21-15-22-20-14(23-15)18-13-8-3-2-6-11(13)16/h2-10,19H,1H3,(H,18,20)(H,21,22). The molecule has 0 saturated heterocycles. The molecule has 0 saturated carbocycles. The van der Waals surface area contributed by atoms with Gasteiger partial charge in [0.05, 0.1) is 22.4 Å². The zero-order valence-corrected chi connectivity index (χ0v) is 13.9. The van der Waals surface area contributed by atoms with Crippen LogP contribution in [0.2, 0.25) is 5.02 Å². The molecule has 8 heteroatoms. The van der Waals surface area contributed by atoms with Crippen molar-refractivity contribution in [3.05, 3.63) is 59.4 Å². The zero-order valence-electron chi connectivity index (χ0n) is 12.3. The summed E-state index contributed by atoms with van der Waals surface area (Å²) in [4.78, 5) is 4.30. The number of halogens is 1. The Bertz CT molecular complexity index is 763. The van der Waals surface area contributed by atoms with E-state index in [4.69, 9.17) is 11.6 Å². The number of hydrazine groups is 1. The van der Waals surface area contributed by atoms with Gasteiger partial charge in [0.15, 0.2) is 0 Å². The number of rotatable bonds is 6. The third kappa shape index (κ3) is 4.16. The summed E-state index contributed by atoms with van der Waals surface area (Å²) in [6, 6.07) is 13.3. The molecule has 1 atom stereocenters. The maximum atomic E-state index is 6.11. The van der Waals surface area contributed by atoms with E-state index >= 15 is 0 Å². The van der Waals surface area contributed by atoms with Crippen molar-refractivity contribution in [1.29, 1.82) is 0 Å². The third-order valence-electron chi connectivity index (χ3n) is 3.07.